The fourth-order valence-electron chi connectivity index (χ4n) is 3.48. The summed E-state index contributed by atoms with van der Waals surface area (Å²) >= 11 is 0. The van der Waals surface area contributed by atoms with E-state index >= 15 is 0 Å². The van der Waals surface area contributed by atoms with E-state index in [1.807, 2.05) is 30.3 Å². The van der Waals surface area contributed by atoms with Gasteiger partial charge in [0.05, 0.1) is 6.26 Å². The Hall–Kier alpha value is -3.87. The Morgan fingerprint density at radius 1 is 1.13 bits per heavy atom. The van der Waals surface area contributed by atoms with E-state index in [0.29, 0.717) is 23.7 Å². The lowest BCUT2D eigenvalue weighted by Gasteiger charge is -2.20. The lowest BCUT2D eigenvalue weighted by Crippen LogP contribution is -2.31. The molecule has 4 aromatic rings. The van der Waals surface area contributed by atoms with Crippen LogP contribution < -0.4 is 4.74 Å². The molecule has 0 unspecified atom stereocenters. The first-order valence-corrected chi connectivity index (χ1v) is 9.48. The van der Waals surface area contributed by atoms with Crippen molar-refractivity contribution >= 4 is 22.6 Å². The Morgan fingerprint density at radius 3 is 2.77 bits per heavy atom. The number of rotatable bonds is 5. The van der Waals surface area contributed by atoms with Gasteiger partial charge in [0.2, 0.25) is 0 Å². The average molecular weight is 404 g/mol. The molecule has 1 atom stereocenters. The fourth-order valence-corrected chi connectivity index (χ4v) is 3.48. The molecule has 2 aromatic heterocycles. The first-order valence-electron chi connectivity index (χ1n) is 9.48. The first kappa shape index (κ1) is 18.2. The van der Waals surface area contributed by atoms with Crippen LogP contribution in [0.1, 0.15) is 24.0 Å². The van der Waals surface area contributed by atoms with Crippen LogP contribution in [0.2, 0.25) is 0 Å². The van der Waals surface area contributed by atoms with E-state index in [4.69, 9.17) is 13.6 Å². The lowest BCUT2D eigenvalue weighted by molar-refractivity contribution is -0.135. The van der Waals surface area contributed by atoms with E-state index in [1.165, 1.54) is 17.1 Å². The van der Waals surface area contributed by atoms with Crippen LogP contribution in [0.5, 0.6) is 5.75 Å². The quantitative estimate of drug-likeness (QED) is 0.473. The molecule has 5 rings (SSSR count). The second-order valence-corrected chi connectivity index (χ2v) is 6.89. The van der Waals surface area contributed by atoms with Crippen molar-refractivity contribution in [2.75, 3.05) is 6.61 Å². The molecule has 1 aliphatic heterocycles. The van der Waals surface area contributed by atoms with Gasteiger partial charge in [0.1, 0.15) is 23.1 Å². The number of para-hydroxylation sites is 2. The summed E-state index contributed by atoms with van der Waals surface area (Å²) in [5.74, 6) is 0.273. The van der Waals surface area contributed by atoms with Gasteiger partial charge in [0.15, 0.2) is 23.9 Å². The minimum absolute atomic E-state index is 0.0149. The number of benzene rings is 2. The van der Waals surface area contributed by atoms with E-state index in [9.17, 15) is 9.18 Å². The summed E-state index contributed by atoms with van der Waals surface area (Å²) in [5, 5.41) is 6.78. The Morgan fingerprint density at radius 2 is 1.97 bits per heavy atom. The summed E-state index contributed by atoms with van der Waals surface area (Å²) in [7, 11) is 0. The third kappa shape index (κ3) is 3.34. The second kappa shape index (κ2) is 7.51. The van der Waals surface area contributed by atoms with Crippen LogP contribution in [0.15, 0.2) is 86.9 Å². The smallest absolute Gasteiger partial charge is 0.281 e. The summed E-state index contributed by atoms with van der Waals surface area (Å²) in [6.07, 6.45) is 1.98. The van der Waals surface area contributed by atoms with Gasteiger partial charge in [0.25, 0.3) is 5.91 Å². The zero-order chi connectivity index (χ0) is 20.5. The van der Waals surface area contributed by atoms with Gasteiger partial charge in [-0.05, 0) is 36.4 Å². The van der Waals surface area contributed by atoms with Crippen molar-refractivity contribution in [3.05, 3.63) is 90.3 Å². The predicted octanol–water partition coefficient (Wildman–Crippen LogP) is 4.92. The highest BCUT2D eigenvalue weighted by Gasteiger charge is 2.36. The molecule has 30 heavy (non-hydrogen) atoms. The molecule has 6 nitrogen and oxygen atoms in total. The van der Waals surface area contributed by atoms with Gasteiger partial charge in [-0.2, -0.15) is 5.10 Å². The number of hydrogen-bond donors (Lipinski definition) is 0. The molecule has 1 amide bonds. The summed E-state index contributed by atoms with van der Waals surface area (Å²) in [6, 6.07) is 18.6. The minimum Gasteiger partial charge on any atom is -0.481 e. The topological polar surface area (TPSA) is 68.2 Å². The Kier molecular flexibility index (Phi) is 4.55. The number of carbonyl (C=O) groups is 1. The number of ether oxygens (including phenoxy) is 1. The van der Waals surface area contributed by atoms with Crippen molar-refractivity contribution in [1.82, 2.24) is 5.01 Å². The van der Waals surface area contributed by atoms with E-state index in [2.05, 4.69) is 5.10 Å². The summed E-state index contributed by atoms with van der Waals surface area (Å²) in [5.41, 5.74) is 1.38. The highest BCUT2D eigenvalue weighted by molar-refractivity contribution is 6.03. The predicted molar refractivity (Wildman–Crippen MR) is 108 cm³/mol. The number of furan rings is 2. The van der Waals surface area contributed by atoms with Gasteiger partial charge < -0.3 is 13.6 Å². The highest BCUT2D eigenvalue weighted by atomic mass is 19.1. The molecule has 0 fully saturated rings. The average Bonchev–Trinajstić information content (AvgIpc) is 3.51. The minimum atomic E-state index is -0.527. The number of halogens is 1. The van der Waals surface area contributed by atoms with Gasteiger partial charge in [0, 0.05) is 11.8 Å². The molecule has 150 valence electrons. The molecule has 0 N–H and O–H groups in total. The van der Waals surface area contributed by atoms with Crippen molar-refractivity contribution in [3.8, 4) is 5.75 Å². The van der Waals surface area contributed by atoms with Crippen molar-refractivity contribution in [2.45, 2.75) is 12.5 Å². The monoisotopic (exact) mass is 404 g/mol. The van der Waals surface area contributed by atoms with Crippen LogP contribution in [-0.2, 0) is 4.79 Å². The Labute approximate surface area is 171 Å². The summed E-state index contributed by atoms with van der Waals surface area (Å²) < 4.78 is 30.6. The Bertz CT molecular complexity index is 1200. The van der Waals surface area contributed by atoms with Crippen molar-refractivity contribution in [1.29, 1.82) is 0 Å². The van der Waals surface area contributed by atoms with E-state index in [1.54, 1.807) is 30.5 Å². The maximum atomic E-state index is 13.8. The van der Waals surface area contributed by atoms with Gasteiger partial charge in [-0.1, -0.05) is 30.3 Å². The SMILES string of the molecule is O=C(COc1ccccc1F)N1N=C(c2cc3ccccc3o2)C[C@@H]1c1ccco1. The van der Waals surface area contributed by atoms with E-state index in [-0.39, 0.29) is 12.4 Å². The number of amides is 1. The summed E-state index contributed by atoms with van der Waals surface area (Å²) in [4.78, 5) is 12.9. The molecular weight excluding hydrogens is 387 g/mol. The van der Waals surface area contributed by atoms with Crippen molar-refractivity contribution < 1.29 is 22.8 Å². The first-order chi connectivity index (χ1) is 14.7. The molecule has 2 aromatic carbocycles. The maximum absolute atomic E-state index is 13.8. The number of carbonyl (C=O) groups excluding carboxylic acids is 1. The molecule has 0 bridgehead atoms. The van der Waals surface area contributed by atoms with Crippen LogP contribution in [0.3, 0.4) is 0 Å². The largest absolute Gasteiger partial charge is 0.481 e. The second-order valence-electron chi connectivity index (χ2n) is 6.89. The van der Waals surface area contributed by atoms with E-state index < -0.39 is 17.8 Å². The molecule has 1 aliphatic rings. The zero-order valence-corrected chi connectivity index (χ0v) is 15.8. The molecule has 0 spiro atoms. The normalized spacial score (nSPS) is 16.1. The molecule has 3 heterocycles. The third-order valence-electron chi connectivity index (χ3n) is 4.94. The molecule has 0 aliphatic carbocycles. The molecule has 0 saturated carbocycles. The Balaban J connectivity index is 1.42. The number of hydrogen-bond acceptors (Lipinski definition) is 5. The van der Waals surface area contributed by atoms with Gasteiger partial charge in [-0.15, -0.1) is 0 Å². The van der Waals surface area contributed by atoms with Crippen LogP contribution in [0.25, 0.3) is 11.0 Å². The third-order valence-corrected chi connectivity index (χ3v) is 4.94. The van der Waals surface area contributed by atoms with Crippen LogP contribution >= 0.6 is 0 Å². The summed E-state index contributed by atoms with van der Waals surface area (Å²) in [6.45, 7) is -0.352. The van der Waals surface area contributed by atoms with Gasteiger partial charge in [-0.3, -0.25) is 4.79 Å². The molecule has 7 heteroatoms. The number of fused-ring (bicyclic) bond motifs is 1. The maximum Gasteiger partial charge on any atom is 0.281 e. The fraction of sp³-hybridized carbons (Fsp3) is 0.130. The molecule has 0 radical (unpaired) electrons. The van der Waals surface area contributed by atoms with E-state index in [0.717, 1.165) is 11.0 Å². The molecular formula is C23H17FN2O4. The van der Waals surface area contributed by atoms with Crippen LogP contribution in [0, 0.1) is 5.82 Å². The lowest BCUT2D eigenvalue weighted by atomic mass is 10.1. The highest BCUT2D eigenvalue weighted by Crippen LogP contribution is 2.34. The van der Waals surface area contributed by atoms with Crippen molar-refractivity contribution in [3.63, 3.8) is 0 Å². The van der Waals surface area contributed by atoms with Gasteiger partial charge >= 0.3 is 0 Å². The zero-order valence-electron chi connectivity index (χ0n) is 15.8. The van der Waals surface area contributed by atoms with Crippen molar-refractivity contribution in [2.24, 2.45) is 5.10 Å². The van der Waals surface area contributed by atoms with Gasteiger partial charge in [-0.25, -0.2) is 9.40 Å². The van der Waals surface area contributed by atoms with Crippen LogP contribution in [0.4, 0.5) is 4.39 Å². The number of nitrogens with zero attached hydrogens (tertiary/aromatic N) is 2. The standard InChI is InChI=1S/C23H17FN2O4/c24-16-7-2-4-9-20(16)29-14-23(27)26-18(21-10-5-11-28-21)13-17(25-26)22-12-15-6-1-3-8-19(15)30-22/h1-12,18H,13-14H2/t18-/m1/s1. The van der Waals surface area contributed by atoms with Crippen LogP contribution in [-0.4, -0.2) is 23.2 Å². The number of hydrazone groups is 1. The molecule has 0 saturated heterocycles.